The maximum Gasteiger partial charge on any atom is 0.0462 e. The molecular formula is C52H37N. The molecule has 0 heterocycles. The molecule has 250 valence electrons. The molecule has 0 amide bonds. The summed E-state index contributed by atoms with van der Waals surface area (Å²) in [6.07, 6.45) is 0. The molecule has 0 unspecified atom stereocenters. The highest BCUT2D eigenvalue weighted by Crippen LogP contribution is 2.39. The molecule has 1 nitrogen and oxygen atoms in total. The summed E-state index contributed by atoms with van der Waals surface area (Å²) in [6, 6.07) is 80.8. The summed E-state index contributed by atoms with van der Waals surface area (Å²) in [5.41, 5.74) is 15.4. The van der Waals surface area contributed by atoms with Gasteiger partial charge in [-0.05, 0) is 115 Å². The van der Waals surface area contributed by atoms with Crippen LogP contribution in [0.25, 0.3) is 66.4 Å². The second kappa shape index (κ2) is 14.3. The van der Waals surface area contributed by atoms with Crippen LogP contribution in [0.3, 0.4) is 0 Å². The topological polar surface area (TPSA) is 3.24 Å². The van der Waals surface area contributed by atoms with Crippen molar-refractivity contribution in [1.29, 1.82) is 0 Å². The third kappa shape index (κ3) is 6.65. The zero-order valence-electron chi connectivity index (χ0n) is 29.3. The zero-order chi connectivity index (χ0) is 35.4. The van der Waals surface area contributed by atoms with Crippen LogP contribution in [0.4, 0.5) is 17.1 Å². The van der Waals surface area contributed by atoms with Gasteiger partial charge >= 0.3 is 0 Å². The summed E-state index contributed by atoms with van der Waals surface area (Å²) < 4.78 is 0. The van der Waals surface area contributed by atoms with Crippen molar-refractivity contribution in [3.8, 4) is 55.6 Å². The Bertz CT molecular complexity index is 2610. The monoisotopic (exact) mass is 675 g/mol. The molecule has 0 spiro atoms. The standard InChI is InChI=1S/C52H37N/c1-4-12-38(13-5-1)40-20-23-44(24-21-40)52-37-47(30-35-51(52)43-15-6-2-7-16-43)42-28-33-50(34-29-42)53(48-18-8-3-9-19-48)49-31-26-41(27-32-49)46-25-22-39-14-10-11-17-45(39)36-46/h1-37H. The Morgan fingerprint density at radius 2 is 0.585 bits per heavy atom. The predicted octanol–water partition coefficient (Wildman–Crippen LogP) is 14.6. The molecule has 0 aliphatic heterocycles. The Morgan fingerprint density at radius 1 is 0.208 bits per heavy atom. The van der Waals surface area contributed by atoms with E-state index >= 15 is 0 Å². The van der Waals surface area contributed by atoms with E-state index in [1.54, 1.807) is 0 Å². The van der Waals surface area contributed by atoms with Crippen LogP contribution in [0.2, 0.25) is 0 Å². The van der Waals surface area contributed by atoms with E-state index < -0.39 is 0 Å². The Labute approximate surface area is 311 Å². The molecule has 53 heavy (non-hydrogen) atoms. The van der Waals surface area contributed by atoms with Crippen LogP contribution < -0.4 is 4.90 Å². The average Bonchev–Trinajstić information content (AvgIpc) is 3.25. The van der Waals surface area contributed by atoms with E-state index in [1.165, 1.54) is 66.4 Å². The number of hydrogen-bond donors (Lipinski definition) is 0. The molecule has 0 N–H and O–H groups in total. The summed E-state index contributed by atoms with van der Waals surface area (Å²) in [6.45, 7) is 0. The van der Waals surface area contributed by atoms with Crippen molar-refractivity contribution in [3.05, 3.63) is 224 Å². The van der Waals surface area contributed by atoms with Crippen LogP contribution in [0.1, 0.15) is 0 Å². The summed E-state index contributed by atoms with van der Waals surface area (Å²) >= 11 is 0. The zero-order valence-corrected chi connectivity index (χ0v) is 29.3. The number of nitrogens with zero attached hydrogens (tertiary/aromatic N) is 1. The fraction of sp³-hybridized carbons (Fsp3) is 0. The number of hydrogen-bond acceptors (Lipinski definition) is 1. The van der Waals surface area contributed by atoms with E-state index in [1.807, 2.05) is 0 Å². The van der Waals surface area contributed by atoms with Gasteiger partial charge in [0.05, 0.1) is 0 Å². The van der Waals surface area contributed by atoms with Gasteiger partial charge in [0.25, 0.3) is 0 Å². The maximum atomic E-state index is 2.34. The number of rotatable bonds is 8. The van der Waals surface area contributed by atoms with Gasteiger partial charge in [0, 0.05) is 17.1 Å². The summed E-state index contributed by atoms with van der Waals surface area (Å²) in [5.74, 6) is 0. The van der Waals surface area contributed by atoms with Gasteiger partial charge in [0.2, 0.25) is 0 Å². The van der Waals surface area contributed by atoms with E-state index in [-0.39, 0.29) is 0 Å². The molecule has 0 fully saturated rings. The molecule has 0 radical (unpaired) electrons. The molecular weight excluding hydrogens is 639 g/mol. The fourth-order valence-electron chi connectivity index (χ4n) is 7.30. The molecule has 1 heteroatoms. The summed E-state index contributed by atoms with van der Waals surface area (Å²) in [5, 5.41) is 2.51. The molecule has 0 bridgehead atoms. The van der Waals surface area contributed by atoms with Gasteiger partial charge in [0.1, 0.15) is 0 Å². The predicted molar refractivity (Wildman–Crippen MR) is 226 cm³/mol. The van der Waals surface area contributed by atoms with Crippen molar-refractivity contribution in [3.63, 3.8) is 0 Å². The Kier molecular flexibility index (Phi) is 8.66. The third-order valence-corrected chi connectivity index (χ3v) is 10.1. The van der Waals surface area contributed by atoms with Crippen LogP contribution in [0.15, 0.2) is 224 Å². The van der Waals surface area contributed by atoms with Crippen molar-refractivity contribution in [2.75, 3.05) is 4.90 Å². The van der Waals surface area contributed by atoms with Gasteiger partial charge in [-0.25, -0.2) is 0 Å². The molecule has 0 saturated carbocycles. The van der Waals surface area contributed by atoms with Crippen molar-refractivity contribution < 1.29 is 0 Å². The van der Waals surface area contributed by atoms with Gasteiger partial charge in [0.15, 0.2) is 0 Å². The third-order valence-electron chi connectivity index (χ3n) is 10.1. The van der Waals surface area contributed by atoms with Crippen LogP contribution in [0, 0.1) is 0 Å². The molecule has 9 aromatic carbocycles. The van der Waals surface area contributed by atoms with Gasteiger partial charge in [-0.1, -0.05) is 176 Å². The van der Waals surface area contributed by atoms with Gasteiger partial charge in [-0.3, -0.25) is 0 Å². The Hall–Kier alpha value is -6.96. The smallest absolute Gasteiger partial charge is 0.0462 e. The lowest BCUT2D eigenvalue weighted by atomic mass is 9.90. The van der Waals surface area contributed by atoms with Crippen LogP contribution in [0.5, 0.6) is 0 Å². The highest BCUT2D eigenvalue weighted by Gasteiger charge is 2.15. The first-order valence-electron chi connectivity index (χ1n) is 18.2. The number of fused-ring (bicyclic) bond motifs is 1. The van der Waals surface area contributed by atoms with E-state index in [4.69, 9.17) is 0 Å². The fourth-order valence-corrected chi connectivity index (χ4v) is 7.30. The lowest BCUT2D eigenvalue weighted by molar-refractivity contribution is 1.28. The number of anilines is 3. The first-order valence-corrected chi connectivity index (χ1v) is 18.2. The molecule has 0 aliphatic rings. The lowest BCUT2D eigenvalue weighted by Crippen LogP contribution is -2.09. The van der Waals surface area contributed by atoms with Crippen molar-refractivity contribution in [2.45, 2.75) is 0 Å². The van der Waals surface area contributed by atoms with Crippen molar-refractivity contribution in [1.82, 2.24) is 0 Å². The van der Waals surface area contributed by atoms with E-state index in [2.05, 4.69) is 229 Å². The molecule has 9 aromatic rings. The summed E-state index contributed by atoms with van der Waals surface area (Å²) in [4.78, 5) is 2.33. The first kappa shape index (κ1) is 32.0. The van der Waals surface area contributed by atoms with Crippen molar-refractivity contribution >= 4 is 27.8 Å². The highest BCUT2D eigenvalue weighted by molar-refractivity contribution is 5.90. The van der Waals surface area contributed by atoms with E-state index in [0.717, 1.165) is 17.1 Å². The van der Waals surface area contributed by atoms with E-state index in [9.17, 15) is 0 Å². The molecule has 0 aliphatic carbocycles. The molecule has 0 atom stereocenters. The molecule has 0 saturated heterocycles. The second-order valence-electron chi connectivity index (χ2n) is 13.4. The highest BCUT2D eigenvalue weighted by atomic mass is 15.1. The Balaban J connectivity index is 1.06. The van der Waals surface area contributed by atoms with Crippen molar-refractivity contribution in [2.24, 2.45) is 0 Å². The van der Waals surface area contributed by atoms with Crippen LogP contribution >= 0.6 is 0 Å². The number of para-hydroxylation sites is 1. The average molecular weight is 676 g/mol. The largest absolute Gasteiger partial charge is 0.311 e. The maximum absolute atomic E-state index is 2.34. The summed E-state index contributed by atoms with van der Waals surface area (Å²) in [7, 11) is 0. The first-order chi connectivity index (χ1) is 26.3. The molecule has 9 rings (SSSR count). The number of benzene rings is 9. The van der Waals surface area contributed by atoms with Crippen LogP contribution in [-0.4, -0.2) is 0 Å². The van der Waals surface area contributed by atoms with Gasteiger partial charge in [-0.15, -0.1) is 0 Å². The van der Waals surface area contributed by atoms with Gasteiger partial charge in [-0.2, -0.15) is 0 Å². The minimum atomic E-state index is 1.11. The second-order valence-corrected chi connectivity index (χ2v) is 13.4. The normalized spacial score (nSPS) is 11.0. The SMILES string of the molecule is c1ccc(-c2ccc(-c3cc(-c4ccc(N(c5ccccc5)c5ccc(-c6ccc7ccccc7c6)cc5)cc4)ccc3-c3ccccc3)cc2)cc1. The van der Waals surface area contributed by atoms with Gasteiger partial charge < -0.3 is 4.90 Å². The molecule has 0 aromatic heterocycles. The lowest BCUT2D eigenvalue weighted by Gasteiger charge is -2.26. The Morgan fingerprint density at radius 3 is 1.21 bits per heavy atom. The minimum absolute atomic E-state index is 1.11. The van der Waals surface area contributed by atoms with Crippen LogP contribution in [-0.2, 0) is 0 Å². The van der Waals surface area contributed by atoms with E-state index in [0.29, 0.717) is 0 Å². The quantitative estimate of drug-likeness (QED) is 0.155. The minimum Gasteiger partial charge on any atom is -0.311 e.